The van der Waals surface area contributed by atoms with Crippen LogP contribution in [-0.4, -0.2) is 35.4 Å². The van der Waals surface area contributed by atoms with Gasteiger partial charge in [0, 0.05) is 24.6 Å². The molecule has 0 bridgehead atoms. The number of nitrogens with two attached hydrogens (primary N) is 1. The number of pyridine rings is 1. The van der Waals surface area contributed by atoms with Gasteiger partial charge in [0.2, 0.25) is 5.91 Å². The van der Waals surface area contributed by atoms with E-state index in [9.17, 15) is 4.79 Å². The largest absolute Gasteiger partial charge is 0.376 e. The van der Waals surface area contributed by atoms with Crippen LogP contribution >= 0.6 is 23.2 Å². The van der Waals surface area contributed by atoms with Crippen LogP contribution in [0.5, 0.6) is 0 Å². The van der Waals surface area contributed by atoms with Gasteiger partial charge in [0.15, 0.2) is 0 Å². The fourth-order valence-corrected chi connectivity index (χ4v) is 4.08. The van der Waals surface area contributed by atoms with Gasteiger partial charge in [-0.05, 0) is 47.9 Å². The normalized spacial score (nSPS) is 19.4. The molecule has 3 heterocycles. The second-order valence-corrected chi connectivity index (χ2v) is 7.68. The first-order valence-corrected chi connectivity index (χ1v) is 9.66. The molecule has 5 nitrogen and oxygen atoms in total. The number of nitrogens with one attached hydrogen (secondary N) is 1. The van der Waals surface area contributed by atoms with E-state index >= 15 is 0 Å². The van der Waals surface area contributed by atoms with Gasteiger partial charge in [0.1, 0.15) is 0 Å². The average molecular weight is 403 g/mol. The number of halogens is 2. The number of rotatable bonds is 5. The van der Waals surface area contributed by atoms with E-state index in [1.807, 2.05) is 29.3 Å². The van der Waals surface area contributed by atoms with Crippen LogP contribution in [0.3, 0.4) is 0 Å². The maximum Gasteiger partial charge on any atom is 0.230 e. The highest BCUT2D eigenvalue weighted by atomic mass is 35.5. The molecule has 0 fully saturated rings. The minimum absolute atomic E-state index is 0.0694. The van der Waals surface area contributed by atoms with Crippen LogP contribution < -0.4 is 11.1 Å². The third-order valence-corrected chi connectivity index (χ3v) is 5.93. The van der Waals surface area contributed by atoms with Gasteiger partial charge >= 0.3 is 0 Å². The molecule has 2 aliphatic heterocycles. The standard InChI is InChI=1S/C20H20Cl2N4O/c21-16-4-3-12(8-17(16)22)14(5-6-23)20(27)26-10-15-18(11-26)25-19(15)13-2-1-7-24-9-13/h1-4,7-9,14,19,25H,5-6,10-11,23H2. The predicted octanol–water partition coefficient (Wildman–Crippen LogP) is 3.26. The SMILES string of the molecule is NCCC(C(=O)N1CC2=C(C1)C(c1cccnc1)N2)c1ccc(Cl)c(Cl)c1. The number of carbonyl (C=O) groups excluding carboxylic acids is 1. The summed E-state index contributed by atoms with van der Waals surface area (Å²) in [6, 6.07) is 9.47. The Bertz CT molecular complexity index is 900. The lowest BCUT2D eigenvalue weighted by molar-refractivity contribution is -0.131. The number of benzene rings is 1. The van der Waals surface area contributed by atoms with Crippen molar-refractivity contribution >= 4 is 29.1 Å². The van der Waals surface area contributed by atoms with Crippen molar-refractivity contribution in [2.45, 2.75) is 18.4 Å². The lowest BCUT2D eigenvalue weighted by Crippen LogP contribution is -2.35. The second kappa shape index (κ2) is 7.50. The summed E-state index contributed by atoms with van der Waals surface area (Å²) in [7, 11) is 0. The summed E-state index contributed by atoms with van der Waals surface area (Å²) in [5, 5.41) is 4.38. The van der Waals surface area contributed by atoms with Gasteiger partial charge in [0.05, 0.1) is 28.5 Å². The van der Waals surface area contributed by atoms with Crippen LogP contribution in [0.4, 0.5) is 0 Å². The van der Waals surface area contributed by atoms with E-state index in [0.29, 0.717) is 36.1 Å². The first-order valence-electron chi connectivity index (χ1n) is 8.90. The average Bonchev–Trinajstić information content (AvgIpc) is 2.99. The highest BCUT2D eigenvalue weighted by Gasteiger charge is 2.40. The maximum absolute atomic E-state index is 13.2. The molecular weight excluding hydrogens is 383 g/mol. The molecule has 0 saturated heterocycles. The highest BCUT2D eigenvalue weighted by molar-refractivity contribution is 6.42. The van der Waals surface area contributed by atoms with Crippen LogP contribution in [0.15, 0.2) is 54.0 Å². The first kappa shape index (κ1) is 18.3. The number of amides is 1. The van der Waals surface area contributed by atoms with Crippen molar-refractivity contribution in [3.8, 4) is 0 Å². The van der Waals surface area contributed by atoms with E-state index in [0.717, 1.165) is 16.8 Å². The van der Waals surface area contributed by atoms with Gasteiger partial charge in [-0.25, -0.2) is 0 Å². The van der Waals surface area contributed by atoms with Crippen LogP contribution in [0, 0.1) is 0 Å². The van der Waals surface area contributed by atoms with Crippen LogP contribution in [0.1, 0.15) is 29.5 Å². The summed E-state index contributed by atoms with van der Waals surface area (Å²) in [6.07, 6.45) is 4.19. The minimum Gasteiger partial charge on any atom is -0.376 e. The summed E-state index contributed by atoms with van der Waals surface area (Å²) >= 11 is 12.2. The lowest BCUT2D eigenvalue weighted by atomic mass is 9.93. The van der Waals surface area contributed by atoms with E-state index in [-0.39, 0.29) is 17.9 Å². The summed E-state index contributed by atoms with van der Waals surface area (Å²) < 4.78 is 0. The molecule has 7 heteroatoms. The maximum atomic E-state index is 13.2. The number of carbonyl (C=O) groups is 1. The van der Waals surface area contributed by atoms with Gasteiger partial charge in [0.25, 0.3) is 0 Å². The van der Waals surface area contributed by atoms with Gasteiger partial charge in [-0.2, -0.15) is 0 Å². The van der Waals surface area contributed by atoms with Crippen molar-refractivity contribution in [1.82, 2.24) is 15.2 Å². The quantitative estimate of drug-likeness (QED) is 0.804. The lowest BCUT2D eigenvalue weighted by Gasteiger charge is -2.31. The summed E-state index contributed by atoms with van der Waals surface area (Å²) in [6.45, 7) is 1.66. The van der Waals surface area contributed by atoms with Crippen molar-refractivity contribution in [2.75, 3.05) is 19.6 Å². The smallest absolute Gasteiger partial charge is 0.230 e. The molecule has 3 N–H and O–H groups in total. The molecule has 2 aromatic rings. The third kappa shape index (κ3) is 3.43. The molecule has 4 rings (SSSR count). The van der Waals surface area contributed by atoms with Gasteiger partial charge in [-0.15, -0.1) is 0 Å². The van der Waals surface area contributed by atoms with E-state index in [1.54, 1.807) is 18.3 Å². The molecule has 27 heavy (non-hydrogen) atoms. The Hall–Kier alpha value is -2.08. The molecule has 2 unspecified atom stereocenters. The molecule has 1 aromatic carbocycles. The number of hydrogen-bond donors (Lipinski definition) is 2. The highest BCUT2D eigenvalue weighted by Crippen LogP contribution is 2.39. The first-order chi connectivity index (χ1) is 13.1. The van der Waals surface area contributed by atoms with E-state index in [4.69, 9.17) is 28.9 Å². The number of nitrogens with zero attached hydrogens (tertiary/aromatic N) is 2. The minimum atomic E-state index is -0.319. The second-order valence-electron chi connectivity index (χ2n) is 6.87. The van der Waals surface area contributed by atoms with Gasteiger partial charge in [-0.1, -0.05) is 35.3 Å². The van der Waals surface area contributed by atoms with Crippen LogP contribution in [0.2, 0.25) is 10.0 Å². The van der Waals surface area contributed by atoms with Crippen molar-refractivity contribution < 1.29 is 4.79 Å². The van der Waals surface area contributed by atoms with Crippen LogP contribution in [0.25, 0.3) is 0 Å². The predicted molar refractivity (Wildman–Crippen MR) is 107 cm³/mol. The third-order valence-electron chi connectivity index (χ3n) is 5.19. The molecule has 1 amide bonds. The van der Waals surface area contributed by atoms with Gasteiger partial charge in [-0.3, -0.25) is 9.78 Å². The Morgan fingerprint density at radius 2 is 2.15 bits per heavy atom. The fraction of sp³-hybridized carbons (Fsp3) is 0.300. The zero-order chi connectivity index (χ0) is 19.0. The zero-order valence-electron chi connectivity index (χ0n) is 14.7. The Balaban J connectivity index is 1.50. The molecule has 0 radical (unpaired) electrons. The molecule has 2 atom stereocenters. The summed E-state index contributed by atoms with van der Waals surface area (Å²) in [4.78, 5) is 19.3. The van der Waals surface area contributed by atoms with E-state index < -0.39 is 0 Å². The molecule has 140 valence electrons. The van der Waals surface area contributed by atoms with Crippen molar-refractivity contribution in [3.63, 3.8) is 0 Å². The molecule has 1 aromatic heterocycles. The Labute approximate surface area is 168 Å². The molecular formula is C20H20Cl2N4O. The monoisotopic (exact) mass is 402 g/mol. The Kier molecular flexibility index (Phi) is 5.08. The van der Waals surface area contributed by atoms with Crippen molar-refractivity contribution in [2.24, 2.45) is 5.73 Å². The number of aromatic nitrogens is 1. The van der Waals surface area contributed by atoms with E-state index in [1.165, 1.54) is 5.57 Å². The Morgan fingerprint density at radius 1 is 1.30 bits per heavy atom. The molecule has 2 aliphatic rings. The van der Waals surface area contributed by atoms with Crippen molar-refractivity contribution in [3.05, 3.63) is 75.2 Å². The molecule has 0 aliphatic carbocycles. The topological polar surface area (TPSA) is 71.2 Å². The molecule has 0 spiro atoms. The van der Waals surface area contributed by atoms with Gasteiger partial charge < -0.3 is 16.0 Å². The van der Waals surface area contributed by atoms with E-state index in [2.05, 4.69) is 10.3 Å². The Morgan fingerprint density at radius 3 is 2.85 bits per heavy atom. The fourth-order valence-electron chi connectivity index (χ4n) is 3.77. The zero-order valence-corrected chi connectivity index (χ0v) is 16.2. The number of hydrogen-bond acceptors (Lipinski definition) is 4. The summed E-state index contributed by atoms with van der Waals surface area (Å²) in [5.41, 5.74) is 10.1. The molecule has 0 saturated carbocycles. The van der Waals surface area contributed by atoms with Crippen LogP contribution in [-0.2, 0) is 4.79 Å². The van der Waals surface area contributed by atoms with Crippen molar-refractivity contribution in [1.29, 1.82) is 0 Å². The summed E-state index contributed by atoms with van der Waals surface area (Å²) in [5.74, 6) is -0.250.